The molecule has 2 aromatic heterocycles. The van der Waals surface area contributed by atoms with Gasteiger partial charge < -0.3 is 25.7 Å². The second-order valence-corrected chi connectivity index (χ2v) is 6.22. The molecule has 0 saturated heterocycles. The summed E-state index contributed by atoms with van der Waals surface area (Å²) in [5, 5.41) is 19.4. The van der Waals surface area contributed by atoms with Gasteiger partial charge in [0.05, 0.1) is 16.5 Å². The summed E-state index contributed by atoms with van der Waals surface area (Å²) in [5.74, 6) is -1.21. The van der Waals surface area contributed by atoms with Crippen LogP contribution in [0.1, 0.15) is 34.2 Å². The molecule has 169 valence electrons. The normalized spacial score (nSPS) is 10.6. The van der Waals surface area contributed by atoms with Gasteiger partial charge in [0.2, 0.25) is 0 Å². The molecular weight excluding hydrogens is 466 g/mol. The molecule has 1 radical (unpaired) electrons. The molecule has 3 aromatic rings. The van der Waals surface area contributed by atoms with Crippen molar-refractivity contribution in [3.05, 3.63) is 111 Å². The fourth-order valence-electron chi connectivity index (χ4n) is 2.75. The molecule has 10 nitrogen and oxygen atoms in total. The number of rotatable bonds is 8. The molecule has 2 heterocycles. The second kappa shape index (κ2) is 12.9. The van der Waals surface area contributed by atoms with Gasteiger partial charge in [0.15, 0.2) is 0 Å². The predicted octanol–water partition coefficient (Wildman–Crippen LogP) is 3.30. The SMILES string of the molecule is O.O=C(CC([N-]C(=O)c1ccccn1)c1ccccc1[N+](=O)[O-])[N-]Cc1ccccn1.[Cu+2]. The van der Waals surface area contributed by atoms with Gasteiger partial charge in [-0.15, -0.1) is 0 Å². The fourth-order valence-corrected chi connectivity index (χ4v) is 2.75. The minimum Gasteiger partial charge on any atom is -0.649 e. The number of hydrogen-bond donors (Lipinski definition) is 0. The summed E-state index contributed by atoms with van der Waals surface area (Å²) in [6.45, 7) is 0.0669. The van der Waals surface area contributed by atoms with Crippen LogP contribution in [0.2, 0.25) is 0 Å². The van der Waals surface area contributed by atoms with Gasteiger partial charge in [0.1, 0.15) is 5.91 Å². The van der Waals surface area contributed by atoms with Gasteiger partial charge in [-0.05, 0) is 30.7 Å². The number of amides is 2. The molecule has 0 spiro atoms. The molecule has 2 N–H and O–H groups in total. The molecule has 3 rings (SSSR count). The van der Waals surface area contributed by atoms with E-state index in [2.05, 4.69) is 20.6 Å². The van der Waals surface area contributed by atoms with Crippen LogP contribution in [0.15, 0.2) is 73.1 Å². The van der Waals surface area contributed by atoms with Crippen molar-refractivity contribution in [1.82, 2.24) is 9.97 Å². The summed E-state index contributed by atoms with van der Waals surface area (Å²) in [6, 6.07) is 14.8. The van der Waals surface area contributed by atoms with Crippen LogP contribution in [0.25, 0.3) is 10.6 Å². The Bertz CT molecular complexity index is 1040. The summed E-state index contributed by atoms with van der Waals surface area (Å²) in [5.41, 5.74) is 0.624. The summed E-state index contributed by atoms with van der Waals surface area (Å²) in [4.78, 5) is 43.9. The predicted molar refractivity (Wildman–Crippen MR) is 112 cm³/mol. The zero-order valence-electron chi connectivity index (χ0n) is 16.6. The van der Waals surface area contributed by atoms with Gasteiger partial charge in [-0.1, -0.05) is 42.9 Å². The molecule has 1 atom stereocenters. The number of hydrogen-bond acceptors (Lipinski definition) is 6. The Kier molecular flexibility index (Phi) is 10.6. The largest absolute Gasteiger partial charge is 2.00 e. The van der Waals surface area contributed by atoms with Crippen LogP contribution < -0.4 is 0 Å². The Morgan fingerprint density at radius 3 is 2.25 bits per heavy atom. The molecule has 32 heavy (non-hydrogen) atoms. The first-order valence-corrected chi connectivity index (χ1v) is 9.04. The van der Waals surface area contributed by atoms with E-state index in [1.54, 1.807) is 42.6 Å². The number of carbonyl (C=O) groups is 2. The Morgan fingerprint density at radius 2 is 1.62 bits per heavy atom. The average Bonchev–Trinajstić information content (AvgIpc) is 2.78. The maximum Gasteiger partial charge on any atom is 2.00 e. The van der Waals surface area contributed by atoms with Gasteiger partial charge in [0, 0.05) is 29.7 Å². The van der Waals surface area contributed by atoms with Crippen LogP contribution in [0.4, 0.5) is 5.69 Å². The van der Waals surface area contributed by atoms with Crippen molar-refractivity contribution in [3.63, 3.8) is 0 Å². The number of nitro groups is 1. The first-order chi connectivity index (χ1) is 14.5. The van der Waals surface area contributed by atoms with E-state index < -0.39 is 22.8 Å². The van der Waals surface area contributed by atoms with Crippen molar-refractivity contribution in [2.45, 2.75) is 19.0 Å². The third kappa shape index (κ3) is 7.24. The van der Waals surface area contributed by atoms with E-state index >= 15 is 0 Å². The minimum atomic E-state index is -1.07. The van der Waals surface area contributed by atoms with Gasteiger partial charge in [-0.3, -0.25) is 20.1 Å². The van der Waals surface area contributed by atoms with Crippen molar-refractivity contribution in [2.24, 2.45) is 0 Å². The van der Waals surface area contributed by atoms with Crippen molar-refractivity contribution in [3.8, 4) is 0 Å². The van der Waals surface area contributed by atoms with Crippen LogP contribution >= 0.6 is 0 Å². The molecule has 0 aliphatic carbocycles. The Morgan fingerprint density at radius 1 is 0.969 bits per heavy atom. The summed E-state index contributed by atoms with van der Waals surface area (Å²) in [7, 11) is 0. The minimum absolute atomic E-state index is 0. The van der Waals surface area contributed by atoms with Crippen molar-refractivity contribution >= 4 is 17.5 Å². The maximum atomic E-state index is 12.5. The van der Waals surface area contributed by atoms with Crippen LogP contribution in [-0.2, 0) is 28.4 Å². The van der Waals surface area contributed by atoms with E-state index in [0.717, 1.165) is 0 Å². The molecular formula is C21H19CuN5O5. The van der Waals surface area contributed by atoms with Crippen molar-refractivity contribution < 1.29 is 37.1 Å². The van der Waals surface area contributed by atoms with E-state index in [1.807, 2.05) is 0 Å². The molecule has 0 fully saturated rings. The number of nitrogens with zero attached hydrogens (tertiary/aromatic N) is 5. The summed E-state index contributed by atoms with van der Waals surface area (Å²) < 4.78 is 0. The van der Waals surface area contributed by atoms with Gasteiger partial charge in [-0.2, -0.15) is 0 Å². The number of aromatic nitrogens is 2. The topological polar surface area (TPSA) is 163 Å². The Hall–Kier alpha value is -3.66. The first kappa shape index (κ1) is 26.4. The van der Waals surface area contributed by atoms with Gasteiger partial charge in [-0.25, -0.2) is 0 Å². The van der Waals surface area contributed by atoms with E-state index in [9.17, 15) is 19.7 Å². The van der Waals surface area contributed by atoms with Gasteiger partial charge in [0.25, 0.3) is 5.69 Å². The van der Waals surface area contributed by atoms with Crippen LogP contribution in [0, 0.1) is 10.1 Å². The number of benzene rings is 1. The van der Waals surface area contributed by atoms with Crippen LogP contribution in [0.5, 0.6) is 0 Å². The smallest absolute Gasteiger partial charge is 0.649 e. The second-order valence-electron chi connectivity index (χ2n) is 6.22. The monoisotopic (exact) mass is 484 g/mol. The molecule has 0 bridgehead atoms. The van der Waals surface area contributed by atoms with E-state index in [0.29, 0.717) is 5.69 Å². The zero-order valence-corrected chi connectivity index (χ0v) is 17.5. The quantitative estimate of drug-likeness (QED) is 0.270. The number of nitro benzene ring substituents is 1. The zero-order chi connectivity index (χ0) is 21.3. The average molecular weight is 485 g/mol. The molecule has 0 saturated carbocycles. The number of para-hydroxylation sites is 1. The Labute approximate surface area is 194 Å². The standard InChI is InChI=1S/C21H19N5O4.Cu.H2O/c27-20(24-14-15-7-3-5-11-22-15)13-18(16-8-1-2-10-19(16)26(29)30)25-21(28)17-9-4-6-12-23-17;;/h1-12,18H,13-14H2,(H2,24,25,27,28);;1H2/q;+2;/p-2. The summed E-state index contributed by atoms with van der Waals surface area (Å²) >= 11 is 0. The van der Waals surface area contributed by atoms with E-state index in [-0.39, 0.29) is 52.5 Å². The first-order valence-electron chi connectivity index (χ1n) is 9.04. The number of carbonyl (C=O) groups excluding carboxylic acids is 2. The van der Waals surface area contributed by atoms with E-state index in [1.165, 1.54) is 30.5 Å². The molecule has 1 aromatic carbocycles. The van der Waals surface area contributed by atoms with E-state index in [4.69, 9.17) is 0 Å². The fraction of sp³-hybridized carbons (Fsp3) is 0.143. The van der Waals surface area contributed by atoms with Gasteiger partial charge >= 0.3 is 17.1 Å². The number of pyridine rings is 2. The maximum absolute atomic E-state index is 12.5. The molecule has 2 amide bonds. The molecule has 0 aliphatic heterocycles. The third-order valence-corrected chi connectivity index (χ3v) is 4.16. The van der Waals surface area contributed by atoms with Crippen LogP contribution in [0.3, 0.4) is 0 Å². The molecule has 1 unspecified atom stereocenters. The van der Waals surface area contributed by atoms with Crippen molar-refractivity contribution in [1.29, 1.82) is 0 Å². The summed E-state index contributed by atoms with van der Waals surface area (Å²) in [6.07, 6.45) is 2.73. The Balaban J connectivity index is 0.00000256. The van der Waals surface area contributed by atoms with Crippen molar-refractivity contribution in [2.75, 3.05) is 0 Å². The molecule has 11 heteroatoms. The third-order valence-electron chi connectivity index (χ3n) is 4.16. The molecule has 0 aliphatic rings. The van der Waals surface area contributed by atoms with Crippen LogP contribution in [-0.4, -0.2) is 32.2 Å².